The van der Waals surface area contributed by atoms with E-state index in [-0.39, 0.29) is 11.8 Å². The minimum Gasteiger partial charge on any atom is -0.508 e. The summed E-state index contributed by atoms with van der Waals surface area (Å²) in [5.41, 5.74) is 1.75. The molecule has 0 aliphatic heterocycles. The average molecular weight is 297 g/mol. The molecule has 5 heteroatoms. The van der Waals surface area contributed by atoms with Gasteiger partial charge in [0.2, 0.25) is 0 Å². The van der Waals surface area contributed by atoms with Crippen molar-refractivity contribution < 1.29 is 9.90 Å². The number of benzene rings is 1. The lowest BCUT2D eigenvalue weighted by Gasteiger charge is -2.23. The Morgan fingerprint density at radius 1 is 1.18 bits per heavy atom. The third-order valence-electron chi connectivity index (χ3n) is 3.70. The van der Waals surface area contributed by atoms with Crippen molar-refractivity contribution in [3.05, 3.63) is 54.4 Å². The molecule has 1 aromatic carbocycles. The van der Waals surface area contributed by atoms with Gasteiger partial charge in [-0.1, -0.05) is 12.1 Å². The van der Waals surface area contributed by atoms with E-state index >= 15 is 0 Å². The van der Waals surface area contributed by atoms with Crippen molar-refractivity contribution in [3.63, 3.8) is 0 Å². The molecule has 2 amide bonds. The number of urea groups is 1. The Labute approximate surface area is 129 Å². The van der Waals surface area contributed by atoms with Crippen molar-refractivity contribution in [2.45, 2.75) is 19.4 Å². The Morgan fingerprint density at radius 2 is 1.86 bits per heavy atom. The zero-order valence-corrected chi connectivity index (χ0v) is 12.3. The molecule has 2 N–H and O–H groups in total. The van der Waals surface area contributed by atoms with Gasteiger partial charge in [0.1, 0.15) is 5.75 Å². The molecule has 22 heavy (non-hydrogen) atoms. The number of amides is 2. The molecule has 1 fully saturated rings. The Balaban J connectivity index is 1.68. The van der Waals surface area contributed by atoms with Crippen molar-refractivity contribution >= 4 is 11.7 Å². The normalized spacial score (nSPS) is 13.6. The highest BCUT2D eigenvalue weighted by atomic mass is 16.3. The number of rotatable bonds is 5. The van der Waals surface area contributed by atoms with Crippen LogP contribution in [-0.2, 0) is 6.54 Å². The fourth-order valence-corrected chi connectivity index (χ4v) is 2.29. The number of phenolic OH excluding ortho intramolecular Hbond substituents is 1. The molecule has 3 rings (SSSR count). The lowest BCUT2D eigenvalue weighted by Crippen LogP contribution is -2.36. The van der Waals surface area contributed by atoms with E-state index in [1.165, 1.54) is 12.8 Å². The third-order valence-corrected chi connectivity index (χ3v) is 3.70. The third kappa shape index (κ3) is 3.97. The predicted molar refractivity (Wildman–Crippen MR) is 84.5 cm³/mol. The van der Waals surface area contributed by atoms with Gasteiger partial charge in [0.15, 0.2) is 0 Å². The number of hydrogen-bond donors (Lipinski definition) is 2. The smallest absolute Gasteiger partial charge is 0.322 e. The van der Waals surface area contributed by atoms with E-state index in [0.717, 1.165) is 17.8 Å². The number of aromatic nitrogens is 1. The van der Waals surface area contributed by atoms with Crippen molar-refractivity contribution in [1.82, 2.24) is 9.88 Å². The first kappa shape index (κ1) is 14.4. The Hall–Kier alpha value is -2.56. The Bertz CT molecular complexity index is 624. The largest absolute Gasteiger partial charge is 0.508 e. The van der Waals surface area contributed by atoms with Crippen LogP contribution in [0.15, 0.2) is 48.8 Å². The van der Waals surface area contributed by atoms with Crippen LogP contribution in [0.4, 0.5) is 10.5 Å². The summed E-state index contributed by atoms with van der Waals surface area (Å²) in [7, 11) is 0. The van der Waals surface area contributed by atoms with E-state index in [4.69, 9.17) is 0 Å². The lowest BCUT2D eigenvalue weighted by molar-refractivity contribution is 0.206. The Morgan fingerprint density at radius 3 is 2.50 bits per heavy atom. The minimum absolute atomic E-state index is 0.105. The maximum Gasteiger partial charge on any atom is 0.322 e. The van der Waals surface area contributed by atoms with Crippen LogP contribution < -0.4 is 5.32 Å². The fourth-order valence-electron chi connectivity index (χ4n) is 2.29. The van der Waals surface area contributed by atoms with Gasteiger partial charge in [-0.3, -0.25) is 4.98 Å². The minimum atomic E-state index is -0.105. The Kier molecular flexibility index (Phi) is 4.23. The number of pyridine rings is 1. The molecule has 0 atom stereocenters. The average Bonchev–Trinajstić information content (AvgIpc) is 3.34. The van der Waals surface area contributed by atoms with Crippen LogP contribution in [0.1, 0.15) is 18.4 Å². The zero-order chi connectivity index (χ0) is 15.4. The number of aromatic hydroxyl groups is 1. The van der Waals surface area contributed by atoms with Crippen LogP contribution in [0.2, 0.25) is 0 Å². The van der Waals surface area contributed by atoms with Crippen molar-refractivity contribution in [2.75, 3.05) is 11.9 Å². The maximum atomic E-state index is 12.5. The number of nitrogens with one attached hydrogen (secondary N) is 1. The molecular weight excluding hydrogens is 278 g/mol. The SMILES string of the molecule is O=C(Nc1ccncc1)N(Cc1ccc(O)cc1)CC1CC1. The van der Waals surface area contributed by atoms with Gasteiger partial charge >= 0.3 is 6.03 Å². The maximum absolute atomic E-state index is 12.5. The molecule has 1 saturated carbocycles. The summed E-state index contributed by atoms with van der Waals surface area (Å²) >= 11 is 0. The molecule has 1 heterocycles. The molecule has 0 saturated heterocycles. The number of hydrogen-bond acceptors (Lipinski definition) is 3. The number of carbonyl (C=O) groups is 1. The summed E-state index contributed by atoms with van der Waals surface area (Å²) in [6, 6.07) is 10.4. The summed E-state index contributed by atoms with van der Waals surface area (Å²) in [4.78, 5) is 18.3. The van der Waals surface area contributed by atoms with E-state index in [9.17, 15) is 9.90 Å². The summed E-state index contributed by atoms with van der Waals surface area (Å²) in [6.07, 6.45) is 5.69. The predicted octanol–water partition coefficient (Wildman–Crippen LogP) is 3.23. The van der Waals surface area contributed by atoms with Crippen LogP contribution in [-0.4, -0.2) is 27.6 Å². The van der Waals surface area contributed by atoms with Crippen LogP contribution >= 0.6 is 0 Å². The van der Waals surface area contributed by atoms with E-state index in [1.807, 2.05) is 17.0 Å². The summed E-state index contributed by atoms with van der Waals surface area (Å²) in [6.45, 7) is 1.30. The van der Waals surface area contributed by atoms with Crippen LogP contribution in [0.3, 0.4) is 0 Å². The molecule has 114 valence electrons. The van der Waals surface area contributed by atoms with Gasteiger partial charge in [0, 0.05) is 31.2 Å². The summed E-state index contributed by atoms with van der Waals surface area (Å²) in [5.74, 6) is 0.846. The van der Waals surface area contributed by atoms with Gasteiger partial charge in [-0.2, -0.15) is 0 Å². The number of anilines is 1. The molecule has 1 aliphatic rings. The first-order valence-corrected chi connectivity index (χ1v) is 7.44. The van der Waals surface area contributed by atoms with E-state index in [2.05, 4.69) is 10.3 Å². The molecule has 1 aliphatic carbocycles. The van der Waals surface area contributed by atoms with E-state index in [0.29, 0.717) is 12.5 Å². The highest BCUT2D eigenvalue weighted by Gasteiger charge is 2.27. The van der Waals surface area contributed by atoms with Crippen molar-refractivity contribution in [1.29, 1.82) is 0 Å². The second kappa shape index (κ2) is 6.47. The molecule has 2 aromatic rings. The zero-order valence-electron chi connectivity index (χ0n) is 12.3. The molecule has 5 nitrogen and oxygen atoms in total. The summed E-state index contributed by atoms with van der Waals surface area (Å²) in [5, 5.41) is 12.3. The molecule has 0 radical (unpaired) electrons. The number of carbonyl (C=O) groups excluding carboxylic acids is 1. The topological polar surface area (TPSA) is 65.5 Å². The lowest BCUT2D eigenvalue weighted by atomic mass is 10.2. The highest BCUT2D eigenvalue weighted by molar-refractivity contribution is 5.89. The van der Waals surface area contributed by atoms with Crippen molar-refractivity contribution in [3.8, 4) is 5.75 Å². The first-order valence-electron chi connectivity index (χ1n) is 7.44. The standard InChI is InChI=1S/C17H19N3O2/c21-16-5-3-14(4-6-16)12-20(11-13-1-2-13)17(22)19-15-7-9-18-10-8-15/h3-10,13,21H,1-2,11-12H2,(H,18,19,22). The monoisotopic (exact) mass is 297 g/mol. The molecular formula is C17H19N3O2. The quantitative estimate of drug-likeness (QED) is 0.890. The van der Waals surface area contributed by atoms with Gasteiger partial charge < -0.3 is 15.3 Å². The second-order valence-electron chi connectivity index (χ2n) is 5.66. The molecule has 1 aromatic heterocycles. The number of nitrogens with zero attached hydrogens (tertiary/aromatic N) is 2. The van der Waals surface area contributed by atoms with E-state index in [1.54, 1.807) is 36.7 Å². The van der Waals surface area contributed by atoms with Gasteiger partial charge in [-0.15, -0.1) is 0 Å². The van der Waals surface area contributed by atoms with Gasteiger partial charge in [0.05, 0.1) is 0 Å². The second-order valence-corrected chi connectivity index (χ2v) is 5.66. The van der Waals surface area contributed by atoms with Crippen LogP contribution in [0.25, 0.3) is 0 Å². The van der Waals surface area contributed by atoms with Gasteiger partial charge in [-0.05, 0) is 48.6 Å². The van der Waals surface area contributed by atoms with Crippen LogP contribution in [0, 0.1) is 5.92 Å². The highest BCUT2D eigenvalue weighted by Crippen LogP contribution is 2.30. The molecule has 0 spiro atoms. The van der Waals surface area contributed by atoms with Gasteiger partial charge in [0.25, 0.3) is 0 Å². The van der Waals surface area contributed by atoms with Crippen molar-refractivity contribution in [2.24, 2.45) is 5.92 Å². The molecule has 0 unspecified atom stereocenters. The van der Waals surface area contributed by atoms with E-state index < -0.39 is 0 Å². The molecule has 0 bridgehead atoms. The van der Waals surface area contributed by atoms with Gasteiger partial charge in [-0.25, -0.2) is 4.79 Å². The number of phenols is 1. The van der Waals surface area contributed by atoms with Crippen LogP contribution in [0.5, 0.6) is 5.75 Å². The first-order chi connectivity index (χ1) is 10.7. The fraction of sp³-hybridized carbons (Fsp3) is 0.294. The summed E-state index contributed by atoms with van der Waals surface area (Å²) < 4.78 is 0.